The zero-order chi connectivity index (χ0) is 38.4. The van der Waals surface area contributed by atoms with Gasteiger partial charge in [-0.05, 0) is 19.1 Å². The van der Waals surface area contributed by atoms with Crippen LogP contribution in [0.4, 0.5) is 5.13 Å². The summed E-state index contributed by atoms with van der Waals surface area (Å²) < 4.78 is 0.657. The smallest absolute Gasteiger partial charge is 0.352 e. The molecule has 16 nitrogen and oxygen atoms in total. The summed E-state index contributed by atoms with van der Waals surface area (Å²) in [5.74, 6) is -5.68. The molecule has 0 bridgehead atoms. The van der Waals surface area contributed by atoms with Crippen LogP contribution in [0.5, 0.6) is 11.5 Å². The van der Waals surface area contributed by atoms with Gasteiger partial charge in [0, 0.05) is 56.5 Å². The topological polar surface area (TPSA) is 233 Å². The minimum absolute atomic E-state index is 0.0220. The van der Waals surface area contributed by atoms with Crippen LogP contribution in [-0.2, 0) is 24.0 Å². The monoisotopic (exact) mass is 811 g/mol. The molecule has 6 rings (SSSR count). The predicted octanol–water partition coefficient (Wildman–Crippen LogP) is 3.38. The number of halogens is 2. The molecule has 0 unspecified atom stereocenters. The summed E-state index contributed by atoms with van der Waals surface area (Å²) in [4.78, 5) is 76.6. The molecule has 6 N–H and O–H groups in total. The third kappa shape index (κ3) is 7.38. The number of ketones is 1. The first-order valence-corrected chi connectivity index (χ1v) is 19.4. The van der Waals surface area contributed by atoms with Crippen molar-refractivity contribution >= 4 is 86.7 Å². The number of oxime groups is 1. The van der Waals surface area contributed by atoms with Crippen molar-refractivity contribution in [2.45, 2.75) is 56.5 Å². The van der Waals surface area contributed by atoms with Crippen molar-refractivity contribution in [2.75, 3.05) is 44.2 Å². The number of rotatable bonds is 12. The molecule has 284 valence electrons. The Labute approximate surface area is 321 Å². The lowest BCUT2D eigenvalue weighted by Crippen LogP contribution is -2.63. The van der Waals surface area contributed by atoms with Gasteiger partial charge in [-0.3, -0.25) is 19.3 Å². The standard InChI is InChI=1S/C33H36Cl2N6O10S2/c1-15(31(47)48)51-38-23(24-27(35)53-33(36)37-24)21(43)12-19-29(46)40-25(32(49)50)16(14-52-30(19)40)13-41(10-2-3-11-41)17-6-8-39(9-7-17)28(45)18-4-5-20(42)26(44)22(18)34/h4-5,15,17,19,30H,2-3,6-14H2,1H3,(H5-,36,37,38,42,43,44,45,47,48,49,50)/p+1/t15-,19+,30+/m0/s1. The second-order valence-corrected chi connectivity index (χ2v) is 16.6. The van der Waals surface area contributed by atoms with Gasteiger partial charge in [-0.1, -0.05) is 39.7 Å². The Balaban J connectivity index is 1.17. The minimum atomic E-state index is -1.40. The fraction of sp³-hybridized carbons (Fsp3) is 0.485. The molecule has 4 aliphatic heterocycles. The Kier molecular flexibility index (Phi) is 11.2. The Bertz CT molecular complexity index is 1920. The van der Waals surface area contributed by atoms with E-state index in [4.69, 9.17) is 33.8 Å². The van der Waals surface area contributed by atoms with E-state index in [-0.39, 0.29) is 49.8 Å². The molecule has 2 amide bonds. The highest BCUT2D eigenvalue weighted by atomic mass is 35.5. The van der Waals surface area contributed by atoms with Crippen LogP contribution in [-0.4, -0.2) is 131 Å². The maximum Gasteiger partial charge on any atom is 0.352 e. The maximum atomic E-state index is 13.6. The SMILES string of the molecule is C[C@H](O/N=C(\C(=O)C[C@@H]1C(=O)N2C(C(=O)O)=C(C[N+]3(C4CCN(C(=O)c5ccc(O)c(O)c5Cl)CC4)CCCC3)CS[C@H]12)c1nc(N)sc1Cl)C(=O)O. The largest absolute Gasteiger partial charge is 0.504 e. The molecule has 53 heavy (non-hydrogen) atoms. The number of carboxylic acids is 2. The molecule has 4 aliphatic rings. The second kappa shape index (κ2) is 15.3. The zero-order valence-electron chi connectivity index (χ0n) is 28.4. The first-order chi connectivity index (χ1) is 25.1. The van der Waals surface area contributed by atoms with Crippen molar-refractivity contribution in [2.24, 2.45) is 11.1 Å². The number of thiazole rings is 1. The van der Waals surface area contributed by atoms with Crippen LogP contribution >= 0.6 is 46.3 Å². The number of fused-ring (bicyclic) bond motifs is 1. The number of nitrogen functional groups attached to an aromatic ring is 1. The Hall–Kier alpha value is -4.10. The van der Waals surface area contributed by atoms with Crippen molar-refractivity contribution in [3.8, 4) is 11.5 Å². The average molecular weight is 813 g/mol. The number of phenolic OH excluding ortho intramolecular Hbond substituents is 2. The van der Waals surface area contributed by atoms with Crippen molar-refractivity contribution in [3.05, 3.63) is 44.0 Å². The van der Waals surface area contributed by atoms with Crippen molar-refractivity contribution in [3.63, 3.8) is 0 Å². The molecule has 0 radical (unpaired) electrons. The van der Waals surface area contributed by atoms with Gasteiger partial charge in [0.15, 0.2) is 28.1 Å². The lowest BCUT2D eigenvalue weighted by Gasteiger charge is -2.51. The van der Waals surface area contributed by atoms with Crippen LogP contribution < -0.4 is 5.73 Å². The van der Waals surface area contributed by atoms with Crippen LogP contribution in [0.1, 0.15) is 55.1 Å². The molecule has 0 aliphatic carbocycles. The second-order valence-electron chi connectivity index (χ2n) is 13.5. The number of amides is 2. The molecule has 2 aromatic rings. The molecule has 3 saturated heterocycles. The van der Waals surface area contributed by atoms with Gasteiger partial charge in [0.1, 0.15) is 22.3 Å². The van der Waals surface area contributed by atoms with E-state index in [9.17, 15) is 44.4 Å². The number of thioether (sulfide) groups is 1. The number of phenols is 2. The first-order valence-electron chi connectivity index (χ1n) is 16.8. The van der Waals surface area contributed by atoms with Crippen molar-refractivity contribution < 1.29 is 53.7 Å². The highest BCUT2D eigenvalue weighted by molar-refractivity contribution is 8.00. The third-order valence-electron chi connectivity index (χ3n) is 10.3. The number of hydrogen-bond acceptors (Lipinski definition) is 13. The van der Waals surface area contributed by atoms with E-state index in [1.807, 2.05) is 0 Å². The molecule has 0 saturated carbocycles. The number of piperidine rings is 1. The fourth-order valence-electron chi connectivity index (χ4n) is 7.61. The van der Waals surface area contributed by atoms with Gasteiger partial charge in [-0.2, -0.15) is 0 Å². The van der Waals surface area contributed by atoms with Crippen LogP contribution in [0.3, 0.4) is 0 Å². The molecule has 1 aromatic heterocycles. The maximum absolute atomic E-state index is 13.6. The average Bonchev–Trinajstić information content (AvgIpc) is 3.74. The zero-order valence-corrected chi connectivity index (χ0v) is 31.5. The number of aromatic nitrogens is 1. The highest BCUT2D eigenvalue weighted by Crippen LogP contribution is 2.47. The van der Waals surface area contributed by atoms with Crippen molar-refractivity contribution in [1.29, 1.82) is 0 Å². The number of likely N-dealkylation sites (tertiary alicyclic amines) is 2. The number of aromatic hydroxyl groups is 2. The number of hydrogen-bond donors (Lipinski definition) is 5. The van der Waals surface area contributed by atoms with E-state index < -0.39 is 58.2 Å². The van der Waals surface area contributed by atoms with Crippen LogP contribution in [0.2, 0.25) is 9.36 Å². The summed E-state index contributed by atoms with van der Waals surface area (Å²) in [5.41, 5.74) is 5.90. The number of anilines is 1. The highest BCUT2D eigenvalue weighted by Gasteiger charge is 2.55. The van der Waals surface area contributed by atoms with E-state index in [0.717, 1.165) is 37.3 Å². The van der Waals surface area contributed by atoms with Crippen LogP contribution in [0.25, 0.3) is 0 Å². The van der Waals surface area contributed by atoms with Crippen LogP contribution in [0.15, 0.2) is 28.6 Å². The Morgan fingerprint density at radius 3 is 2.42 bits per heavy atom. The predicted molar refractivity (Wildman–Crippen MR) is 195 cm³/mol. The van der Waals surface area contributed by atoms with Gasteiger partial charge < -0.3 is 40.4 Å². The first kappa shape index (κ1) is 38.6. The molecule has 1 aromatic carbocycles. The fourth-order valence-corrected chi connectivity index (χ4v) is 10.2. The van der Waals surface area contributed by atoms with Gasteiger partial charge in [-0.25, -0.2) is 14.6 Å². The number of carbonyl (C=O) groups is 5. The summed E-state index contributed by atoms with van der Waals surface area (Å²) >= 11 is 14.7. The molecule has 5 heterocycles. The number of carbonyl (C=O) groups excluding carboxylic acids is 3. The number of β-lactam (4-membered cyclic amide) rings is 1. The summed E-state index contributed by atoms with van der Waals surface area (Å²) in [6.45, 7) is 4.13. The number of carboxylic acid groups (broad SMARTS) is 2. The van der Waals surface area contributed by atoms with Gasteiger partial charge >= 0.3 is 11.9 Å². The number of quaternary nitrogens is 1. The molecule has 0 spiro atoms. The van der Waals surface area contributed by atoms with Gasteiger partial charge in [0.25, 0.3) is 5.91 Å². The summed E-state index contributed by atoms with van der Waals surface area (Å²) in [7, 11) is 0. The van der Waals surface area contributed by atoms with E-state index in [1.54, 1.807) is 4.90 Å². The minimum Gasteiger partial charge on any atom is -0.504 e. The Morgan fingerprint density at radius 2 is 1.81 bits per heavy atom. The molecule has 3 atom stereocenters. The summed E-state index contributed by atoms with van der Waals surface area (Å²) in [6.07, 6.45) is 1.43. The number of Topliss-reactive ketones (excluding diaryl/α,β-unsaturated/α-hetero) is 1. The number of nitrogens with zero attached hydrogens (tertiary/aromatic N) is 5. The van der Waals surface area contributed by atoms with Gasteiger partial charge in [0.2, 0.25) is 12.0 Å². The Morgan fingerprint density at radius 1 is 1.13 bits per heavy atom. The molecule has 20 heteroatoms. The van der Waals surface area contributed by atoms with Crippen molar-refractivity contribution in [1.82, 2.24) is 14.8 Å². The lowest BCUT2D eigenvalue weighted by atomic mass is 9.89. The van der Waals surface area contributed by atoms with E-state index in [1.165, 1.54) is 35.7 Å². The van der Waals surface area contributed by atoms with Crippen LogP contribution in [0, 0.1) is 5.92 Å². The number of aliphatic carboxylic acids is 2. The normalized spacial score (nSPS) is 22.3. The number of benzene rings is 1. The molecular weight excluding hydrogens is 775 g/mol. The summed E-state index contributed by atoms with van der Waals surface area (Å²) in [6, 6.07) is 2.72. The quantitative estimate of drug-likeness (QED) is 0.0681. The molecule has 3 fully saturated rings. The third-order valence-corrected chi connectivity index (χ3v) is 13.2. The van der Waals surface area contributed by atoms with E-state index in [2.05, 4.69) is 10.1 Å². The summed E-state index contributed by atoms with van der Waals surface area (Å²) in [5, 5.41) is 42.3. The van der Waals surface area contributed by atoms with Gasteiger partial charge in [0.05, 0.1) is 41.0 Å². The van der Waals surface area contributed by atoms with E-state index in [0.29, 0.717) is 48.3 Å². The number of nitrogens with two attached hydrogens (primary N) is 1. The van der Waals surface area contributed by atoms with Gasteiger partial charge in [-0.15, -0.1) is 11.8 Å². The van der Waals surface area contributed by atoms with E-state index >= 15 is 0 Å². The molecular formula is C33H37Cl2N6O10S2+. The lowest BCUT2D eigenvalue weighted by molar-refractivity contribution is -0.937.